The van der Waals surface area contributed by atoms with E-state index in [-0.39, 0.29) is 6.04 Å². The van der Waals surface area contributed by atoms with Crippen molar-refractivity contribution in [2.75, 3.05) is 17.7 Å². The number of aliphatic hydroxyl groups is 1. The summed E-state index contributed by atoms with van der Waals surface area (Å²) in [5.41, 5.74) is 1.89. The average Bonchev–Trinajstić information content (AvgIpc) is 2.42. The van der Waals surface area contributed by atoms with Gasteiger partial charge in [-0.3, -0.25) is 4.79 Å². The van der Waals surface area contributed by atoms with Crippen LogP contribution in [0, 0.1) is 0 Å². The Morgan fingerprint density at radius 1 is 1.50 bits per heavy atom. The van der Waals surface area contributed by atoms with E-state index in [1.165, 1.54) is 0 Å². The van der Waals surface area contributed by atoms with Crippen molar-refractivity contribution in [3.63, 3.8) is 0 Å². The van der Waals surface area contributed by atoms with E-state index in [1.807, 2.05) is 25.2 Å². The molecule has 2 aliphatic rings. The number of nitrogens with zero attached hydrogens (tertiary/aromatic N) is 1. The van der Waals surface area contributed by atoms with E-state index in [0.29, 0.717) is 0 Å². The van der Waals surface area contributed by atoms with Crippen LogP contribution in [-0.2, 0) is 4.79 Å². The lowest BCUT2D eigenvalue weighted by atomic mass is 10.1. The van der Waals surface area contributed by atoms with Crippen LogP contribution < -0.4 is 15.5 Å². The van der Waals surface area contributed by atoms with Gasteiger partial charge in [0.2, 0.25) is 6.23 Å². The number of carbonyl (C=O) groups is 1. The molecule has 20 heavy (non-hydrogen) atoms. The minimum atomic E-state index is -1.19. The number of nitrogens with one attached hydrogen (secondary N) is 2. The van der Waals surface area contributed by atoms with Crippen LogP contribution in [0.5, 0.6) is 0 Å². The Kier molecular flexibility index (Phi) is 3.54. The molecule has 0 saturated heterocycles. The average molecular weight is 312 g/mol. The third-order valence-corrected chi connectivity index (χ3v) is 4.80. The summed E-state index contributed by atoms with van der Waals surface area (Å²) < 4.78 is 0. The third-order valence-electron chi connectivity index (χ3n) is 3.45. The molecule has 2 heterocycles. The molecular weight excluding hydrogens is 298 g/mol. The van der Waals surface area contributed by atoms with E-state index in [2.05, 4.69) is 15.5 Å². The second-order valence-corrected chi connectivity index (χ2v) is 6.20. The van der Waals surface area contributed by atoms with Gasteiger partial charge in [-0.2, -0.15) is 0 Å². The van der Waals surface area contributed by atoms with Gasteiger partial charge in [0.1, 0.15) is 0 Å². The molecule has 1 amide bonds. The van der Waals surface area contributed by atoms with Crippen LogP contribution >= 0.6 is 23.4 Å². The Morgan fingerprint density at radius 3 is 3.05 bits per heavy atom. The van der Waals surface area contributed by atoms with Gasteiger partial charge in [-0.15, -0.1) is 11.8 Å². The number of hydrogen-bond donors (Lipinski definition) is 3. The SMILES string of the molecule is CN1c2ccc(Cl)cc2SCC1C1=CNC(=O)C(O)N1. The zero-order valence-corrected chi connectivity index (χ0v) is 12.3. The highest BCUT2D eigenvalue weighted by Gasteiger charge is 2.31. The van der Waals surface area contributed by atoms with Crippen molar-refractivity contribution in [3.05, 3.63) is 35.1 Å². The second kappa shape index (κ2) is 5.20. The molecule has 0 saturated carbocycles. The van der Waals surface area contributed by atoms with Gasteiger partial charge in [-0.1, -0.05) is 11.6 Å². The predicted octanol–water partition coefficient (Wildman–Crippen LogP) is 1.13. The lowest BCUT2D eigenvalue weighted by Gasteiger charge is -2.38. The molecule has 1 aromatic rings. The van der Waals surface area contributed by atoms with Crippen molar-refractivity contribution in [1.29, 1.82) is 0 Å². The Morgan fingerprint density at radius 2 is 2.30 bits per heavy atom. The molecule has 106 valence electrons. The Labute approximate surface area is 126 Å². The number of aliphatic hydroxyl groups excluding tert-OH is 1. The number of likely N-dealkylation sites (N-methyl/N-ethyl adjacent to an activating group) is 1. The van der Waals surface area contributed by atoms with Crippen molar-refractivity contribution in [2.24, 2.45) is 0 Å². The van der Waals surface area contributed by atoms with Gasteiger partial charge in [0.25, 0.3) is 5.91 Å². The van der Waals surface area contributed by atoms with E-state index < -0.39 is 12.1 Å². The quantitative estimate of drug-likeness (QED) is 0.725. The first-order chi connectivity index (χ1) is 9.56. The number of benzene rings is 1. The zero-order chi connectivity index (χ0) is 14.3. The summed E-state index contributed by atoms with van der Waals surface area (Å²) in [6.45, 7) is 0. The number of hydrogen-bond acceptors (Lipinski definition) is 5. The molecule has 0 spiro atoms. The number of amides is 1. The predicted molar refractivity (Wildman–Crippen MR) is 79.7 cm³/mol. The summed E-state index contributed by atoms with van der Waals surface area (Å²) in [5.74, 6) is 0.373. The first kappa shape index (κ1) is 13.6. The molecule has 7 heteroatoms. The smallest absolute Gasteiger partial charge is 0.273 e. The van der Waals surface area contributed by atoms with Gasteiger partial charge in [0.15, 0.2) is 0 Å². The summed E-state index contributed by atoms with van der Waals surface area (Å²) in [7, 11) is 1.99. The number of anilines is 1. The van der Waals surface area contributed by atoms with E-state index >= 15 is 0 Å². The number of rotatable bonds is 1. The summed E-state index contributed by atoms with van der Waals surface area (Å²) >= 11 is 7.72. The molecule has 2 unspecified atom stereocenters. The van der Waals surface area contributed by atoms with Crippen LogP contribution in [-0.4, -0.2) is 36.1 Å². The molecule has 2 atom stereocenters. The summed E-state index contributed by atoms with van der Waals surface area (Å²) in [6, 6.07) is 5.85. The van der Waals surface area contributed by atoms with Crippen LogP contribution in [0.25, 0.3) is 0 Å². The van der Waals surface area contributed by atoms with Crippen LogP contribution in [0.15, 0.2) is 35.0 Å². The van der Waals surface area contributed by atoms with Crippen molar-refractivity contribution >= 4 is 35.0 Å². The number of thioether (sulfide) groups is 1. The standard InChI is InChI=1S/C13H14ClN3O2S/c1-17-9-3-2-7(14)4-11(9)20-6-10(17)8-5-15-12(18)13(19)16-8/h2-5,10,13,16,19H,6H2,1H3,(H,15,18). The number of fused-ring (bicyclic) bond motifs is 1. The lowest BCUT2D eigenvalue weighted by molar-refractivity contribution is -0.130. The minimum absolute atomic E-state index is 0.0592. The van der Waals surface area contributed by atoms with Crippen molar-refractivity contribution < 1.29 is 9.90 Å². The van der Waals surface area contributed by atoms with Gasteiger partial charge in [0, 0.05) is 28.9 Å². The Bertz CT molecular complexity index is 593. The topological polar surface area (TPSA) is 64.6 Å². The summed E-state index contributed by atoms with van der Waals surface area (Å²) in [6.07, 6.45) is 0.428. The molecule has 1 aromatic carbocycles. The number of carbonyl (C=O) groups excluding carboxylic acids is 1. The van der Waals surface area contributed by atoms with Gasteiger partial charge in [-0.05, 0) is 18.2 Å². The molecule has 0 bridgehead atoms. The van der Waals surface area contributed by atoms with Gasteiger partial charge in [-0.25, -0.2) is 0 Å². The molecule has 5 nitrogen and oxygen atoms in total. The first-order valence-electron chi connectivity index (χ1n) is 6.16. The monoisotopic (exact) mass is 311 g/mol. The highest BCUT2D eigenvalue weighted by atomic mass is 35.5. The van der Waals surface area contributed by atoms with Crippen LogP contribution in [0.1, 0.15) is 0 Å². The maximum absolute atomic E-state index is 11.2. The zero-order valence-electron chi connectivity index (χ0n) is 10.8. The maximum atomic E-state index is 11.2. The van der Waals surface area contributed by atoms with Gasteiger partial charge in [0.05, 0.1) is 17.4 Å². The normalized spacial score (nSPS) is 25.4. The Balaban J connectivity index is 1.87. The van der Waals surface area contributed by atoms with E-state index in [9.17, 15) is 9.90 Å². The molecule has 3 rings (SSSR count). The third kappa shape index (κ3) is 2.34. The molecule has 2 aliphatic heterocycles. The molecule has 0 aliphatic carbocycles. The van der Waals surface area contributed by atoms with Crippen molar-refractivity contribution in [1.82, 2.24) is 10.6 Å². The van der Waals surface area contributed by atoms with E-state index in [1.54, 1.807) is 18.0 Å². The molecule has 0 radical (unpaired) electrons. The van der Waals surface area contributed by atoms with Crippen molar-refractivity contribution in [2.45, 2.75) is 17.2 Å². The van der Waals surface area contributed by atoms with Gasteiger partial charge < -0.3 is 20.6 Å². The summed E-state index contributed by atoms with van der Waals surface area (Å²) in [4.78, 5) is 14.5. The molecule has 3 N–H and O–H groups in total. The van der Waals surface area contributed by atoms with E-state index in [4.69, 9.17) is 11.6 Å². The fourth-order valence-corrected chi connectivity index (χ4v) is 3.87. The minimum Gasteiger partial charge on any atom is -0.366 e. The fourth-order valence-electron chi connectivity index (χ4n) is 2.33. The van der Waals surface area contributed by atoms with Crippen LogP contribution in [0.4, 0.5) is 5.69 Å². The lowest BCUT2D eigenvalue weighted by Crippen LogP contribution is -2.52. The van der Waals surface area contributed by atoms with E-state index in [0.717, 1.165) is 27.1 Å². The maximum Gasteiger partial charge on any atom is 0.273 e. The molecular formula is C13H14ClN3O2S. The first-order valence-corrected chi connectivity index (χ1v) is 7.53. The molecule has 0 aromatic heterocycles. The highest BCUT2D eigenvalue weighted by molar-refractivity contribution is 7.99. The largest absolute Gasteiger partial charge is 0.366 e. The Hall–Kier alpha value is -1.37. The molecule has 0 fully saturated rings. The fraction of sp³-hybridized carbons (Fsp3) is 0.308. The van der Waals surface area contributed by atoms with Crippen molar-refractivity contribution in [3.8, 4) is 0 Å². The number of halogens is 1. The van der Waals surface area contributed by atoms with Crippen LogP contribution in [0.3, 0.4) is 0 Å². The highest BCUT2D eigenvalue weighted by Crippen LogP contribution is 2.39. The van der Waals surface area contributed by atoms with Crippen LogP contribution in [0.2, 0.25) is 5.02 Å². The summed E-state index contributed by atoms with van der Waals surface area (Å²) in [5, 5.41) is 15.7. The van der Waals surface area contributed by atoms with Gasteiger partial charge >= 0.3 is 0 Å². The second-order valence-electron chi connectivity index (χ2n) is 4.70.